The molecule has 0 saturated heterocycles. The summed E-state index contributed by atoms with van der Waals surface area (Å²) in [6, 6.07) is 0. The molecule has 0 rings (SSSR count). The van der Waals surface area contributed by atoms with E-state index in [2.05, 4.69) is 76.3 Å². The number of hydrogen-bond acceptors (Lipinski definition) is 8. The van der Waals surface area contributed by atoms with Crippen LogP contribution in [0.25, 0.3) is 0 Å². The maximum absolute atomic E-state index is 10.2. The predicted octanol–water partition coefficient (Wildman–Crippen LogP) is 19.1. The largest absolute Gasteiger partial charge is 4.00 e. The zero-order chi connectivity index (χ0) is 59.6. The van der Waals surface area contributed by atoms with Gasteiger partial charge in [0.2, 0.25) is 0 Å². The molecule has 8 nitrogen and oxygen atoms in total. The van der Waals surface area contributed by atoms with E-state index in [1.54, 1.807) is 0 Å². The van der Waals surface area contributed by atoms with Crippen molar-refractivity contribution in [3.63, 3.8) is 0 Å². The van der Waals surface area contributed by atoms with Crippen LogP contribution >= 0.6 is 0 Å². The molecular weight excluding hydrogens is 1230 g/mol. The molecule has 0 aromatic carbocycles. The molecule has 0 spiro atoms. The van der Waals surface area contributed by atoms with E-state index in [1.165, 1.54) is 257 Å². The number of carbonyl (C=O) groups excluding carboxylic acids is 4. The Hall–Kier alpha value is -2.11. The Bertz CT molecular complexity index is 1140. The fraction of sp³-hybridized carbons (Fsp3) is 0.833. The van der Waals surface area contributed by atoms with Crippen molar-refractivity contribution in [1.82, 2.24) is 0 Å². The van der Waals surface area contributed by atoms with Crippen molar-refractivity contribution >= 4 is 23.9 Å². The van der Waals surface area contributed by atoms with Crippen molar-refractivity contribution in [3.05, 3.63) is 48.6 Å². The molecule has 0 heterocycles. The van der Waals surface area contributed by atoms with Gasteiger partial charge in [-0.2, -0.15) is 0 Å². The Balaban J connectivity index is -0.000000316. The van der Waals surface area contributed by atoms with Gasteiger partial charge in [0, 0.05) is 23.9 Å². The first-order chi connectivity index (χ1) is 39.1. The van der Waals surface area contributed by atoms with E-state index in [-0.39, 0.29) is 56.8 Å². The number of allylic oxidation sites excluding steroid dienone is 8. The molecule has 0 aliphatic carbocycles. The zero-order valence-electron chi connectivity index (χ0n) is 54.0. The monoisotopic (exact) mass is 1360 g/mol. The molecule has 0 aromatic rings. The molecule has 0 fully saturated rings. The summed E-state index contributed by atoms with van der Waals surface area (Å²) in [4.78, 5) is 40.9. The molecule has 0 saturated carbocycles. The molecule has 0 N–H and O–H groups in total. The topological polar surface area (TPSA) is 161 Å². The van der Waals surface area contributed by atoms with Crippen LogP contribution in [0.2, 0.25) is 0 Å². The Kier molecular flexibility index (Phi) is 91.3. The van der Waals surface area contributed by atoms with Gasteiger partial charge in [-0.05, 0) is 154 Å². The normalized spacial score (nSPS) is 11.1. The number of carboxylic acid groups (broad SMARTS) is 4. The van der Waals surface area contributed by atoms with Crippen molar-refractivity contribution < 1.29 is 70.7 Å². The van der Waals surface area contributed by atoms with Crippen molar-refractivity contribution in [2.45, 2.75) is 387 Å². The van der Waals surface area contributed by atoms with Crippen LogP contribution in [0.5, 0.6) is 0 Å². The van der Waals surface area contributed by atoms with Gasteiger partial charge in [0.05, 0.1) is 0 Å². The van der Waals surface area contributed by atoms with E-state index < -0.39 is 23.9 Å². The van der Waals surface area contributed by atoms with E-state index >= 15 is 0 Å². The molecule has 9 heteroatoms. The smallest absolute Gasteiger partial charge is 0.550 e. The summed E-state index contributed by atoms with van der Waals surface area (Å²) in [6.45, 7) is 9.02. The molecule has 472 valence electrons. The van der Waals surface area contributed by atoms with Gasteiger partial charge in [0.1, 0.15) is 0 Å². The molecule has 81 heavy (non-hydrogen) atoms. The number of rotatable bonds is 60. The number of carbonyl (C=O) groups is 4. The molecular formula is C72H132O8U. The third-order valence-corrected chi connectivity index (χ3v) is 14.6. The molecule has 0 atom stereocenters. The number of hydrogen-bond donors (Lipinski definition) is 0. The quantitative estimate of drug-likeness (QED) is 0.0430. The van der Waals surface area contributed by atoms with Crippen LogP contribution in [0.1, 0.15) is 387 Å². The summed E-state index contributed by atoms with van der Waals surface area (Å²) < 4.78 is 0. The third kappa shape index (κ3) is 103. The summed E-state index contributed by atoms with van der Waals surface area (Å²) >= 11 is 0. The minimum absolute atomic E-state index is 0. The second kappa shape index (κ2) is 84.3. The van der Waals surface area contributed by atoms with Gasteiger partial charge in [-0.15, -0.1) is 0 Å². The Morgan fingerprint density at radius 1 is 0.198 bits per heavy atom. The van der Waals surface area contributed by atoms with Gasteiger partial charge in [-0.3, -0.25) is 0 Å². The number of aliphatic carboxylic acids is 4. The molecule has 0 aromatic heterocycles. The van der Waals surface area contributed by atoms with Crippen molar-refractivity contribution in [3.8, 4) is 0 Å². The SMILES string of the molecule is CCCCCCCC/C=C\CCCCCCCC(=O)[O-].CCCCCCCC/C=C\CCCCCCCC(=O)[O-].CCCCCCCC/C=C\CCCCCCCC(=O)[O-].CCCCCCCC/C=C\CCCCCCCC(=O)[O-].[U+4]. The van der Waals surface area contributed by atoms with Crippen molar-refractivity contribution in [2.24, 2.45) is 0 Å². The van der Waals surface area contributed by atoms with Gasteiger partial charge >= 0.3 is 31.1 Å². The summed E-state index contributed by atoms with van der Waals surface area (Å²) in [5.41, 5.74) is 0. The zero-order valence-corrected chi connectivity index (χ0v) is 58.1. The molecule has 0 aliphatic rings. The molecule has 0 amide bonds. The van der Waals surface area contributed by atoms with Crippen LogP contribution < -0.4 is 20.4 Å². The molecule has 0 radical (unpaired) electrons. The Morgan fingerprint density at radius 2 is 0.309 bits per heavy atom. The minimum Gasteiger partial charge on any atom is -0.550 e. The predicted molar refractivity (Wildman–Crippen MR) is 338 cm³/mol. The molecule has 0 aliphatic heterocycles. The van der Waals surface area contributed by atoms with Crippen LogP contribution in [-0.4, -0.2) is 23.9 Å². The maximum atomic E-state index is 10.2. The van der Waals surface area contributed by atoms with Gasteiger partial charge in [-0.1, -0.05) is 282 Å². The maximum Gasteiger partial charge on any atom is 4.00 e. The van der Waals surface area contributed by atoms with Crippen molar-refractivity contribution in [2.75, 3.05) is 0 Å². The first kappa shape index (κ1) is 87.7. The van der Waals surface area contributed by atoms with Gasteiger partial charge < -0.3 is 39.6 Å². The van der Waals surface area contributed by atoms with Gasteiger partial charge in [0.15, 0.2) is 0 Å². The first-order valence-electron chi connectivity index (χ1n) is 34.5. The molecule has 0 unspecified atom stereocenters. The van der Waals surface area contributed by atoms with Crippen molar-refractivity contribution in [1.29, 1.82) is 0 Å². The summed E-state index contributed by atoms with van der Waals surface area (Å²) in [5.74, 6) is -3.66. The third-order valence-electron chi connectivity index (χ3n) is 14.6. The standard InChI is InChI=1S/4C18H34O2.U/c4*1-2-3-4-5-6-7-8-9-10-11-12-13-14-15-16-17-18(19)20;/h4*9-10H,2-8,11-17H2,1H3,(H,19,20);/q;;;;+4/p-4/b4*10-9-;. The summed E-state index contributed by atoms with van der Waals surface area (Å²) in [5, 5.41) is 40.9. The average molecular weight is 1360 g/mol. The van der Waals surface area contributed by atoms with Gasteiger partial charge in [-0.25, -0.2) is 0 Å². The minimum atomic E-state index is -0.914. The van der Waals surface area contributed by atoms with Crippen LogP contribution in [0, 0.1) is 31.1 Å². The van der Waals surface area contributed by atoms with E-state index in [0.29, 0.717) is 0 Å². The number of unbranched alkanes of at least 4 members (excludes halogenated alkanes) is 44. The second-order valence-corrected chi connectivity index (χ2v) is 22.8. The fourth-order valence-corrected chi connectivity index (χ4v) is 9.36. The fourth-order valence-electron chi connectivity index (χ4n) is 9.36. The van der Waals surface area contributed by atoms with Crippen LogP contribution in [-0.2, 0) is 19.2 Å². The Morgan fingerprint density at radius 3 is 0.432 bits per heavy atom. The Labute approximate surface area is 527 Å². The second-order valence-electron chi connectivity index (χ2n) is 22.8. The van der Waals surface area contributed by atoms with Gasteiger partial charge in [0.25, 0.3) is 0 Å². The summed E-state index contributed by atoms with van der Waals surface area (Å²) in [6.07, 6.45) is 83.6. The van der Waals surface area contributed by atoms with Crippen LogP contribution in [0.3, 0.4) is 0 Å². The van der Waals surface area contributed by atoms with E-state index in [9.17, 15) is 39.6 Å². The molecule has 0 bridgehead atoms. The summed E-state index contributed by atoms with van der Waals surface area (Å²) in [7, 11) is 0. The van der Waals surface area contributed by atoms with Crippen LogP contribution in [0.15, 0.2) is 48.6 Å². The van der Waals surface area contributed by atoms with E-state index in [0.717, 1.165) is 77.0 Å². The van der Waals surface area contributed by atoms with E-state index in [1.807, 2.05) is 0 Å². The average Bonchev–Trinajstić information content (AvgIpc) is 3.43. The van der Waals surface area contributed by atoms with E-state index in [4.69, 9.17) is 0 Å². The number of carboxylic acids is 4. The van der Waals surface area contributed by atoms with Crippen LogP contribution in [0.4, 0.5) is 0 Å². The first-order valence-corrected chi connectivity index (χ1v) is 34.5.